The standard InChI is InChI=1S/C16H20N2O6/c1-17(2)14(19)12-11(15(20)22-3)13(16(21)23-4)24-18(12)10-8-6-5-7-9-10/h5-9,11-13H,1-4H3. The average molecular weight is 336 g/mol. The van der Waals surface area contributed by atoms with E-state index >= 15 is 0 Å². The number of rotatable bonds is 4. The quantitative estimate of drug-likeness (QED) is 0.727. The molecule has 8 heteroatoms. The zero-order chi connectivity index (χ0) is 17.9. The lowest BCUT2D eigenvalue weighted by molar-refractivity contribution is -0.161. The summed E-state index contributed by atoms with van der Waals surface area (Å²) in [4.78, 5) is 43.9. The molecule has 1 saturated heterocycles. The second-order valence-corrected chi connectivity index (χ2v) is 5.44. The molecule has 0 radical (unpaired) electrons. The highest BCUT2D eigenvalue weighted by Crippen LogP contribution is 2.34. The molecule has 24 heavy (non-hydrogen) atoms. The van der Waals surface area contributed by atoms with Gasteiger partial charge >= 0.3 is 11.9 Å². The Labute approximate surface area is 139 Å². The monoisotopic (exact) mass is 336 g/mol. The summed E-state index contributed by atoms with van der Waals surface area (Å²) in [6, 6.07) is 7.70. The highest BCUT2D eigenvalue weighted by atomic mass is 16.7. The first-order valence-corrected chi connectivity index (χ1v) is 7.30. The van der Waals surface area contributed by atoms with Crippen molar-refractivity contribution in [2.24, 2.45) is 5.92 Å². The number of carbonyl (C=O) groups excluding carboxylic acids is 3. The zero-order valence-corrected chi connectivity index (χ0v) is 14.0. The lowest BCUT2D eigenvalue weighted by Crippen LogP contribution is -2.49. The molecule has 0 aromatic heterocycles. The molecule has 130 valence electrons. The van der Waals surface area contributed by atoms with Gasteiger partial charge in [-0.15, -0.1) is 0 Å². The van der Waals surface area contributed by atoms with Crippen LogP contribution in [0.15, 0.2) is 30.3 Å². The first-order chi connectivity index (χ1) is 11.4. The van der Waals surface area contributed by atoms with E-state index < -0.39 is 30.0 Å². The van der Waals surface area contributed by atoms with Gasteiger partial charge in [0.25, 0.3) is 0 Å². The summed E-state index contributed by atoms with van der Waals surface area (Å²) >= 11 is 0. The fourth-order valence-electron chi connectivity index (χ4n) is 2.57. The molecule has 1 amide bonds. The fourth-order valence-corrected chi connectivity index (χ4v) is 2.57. The van der Waals surface area contributed by atoms with Crippen LogP contribution < -0.4 is 5.06 Å². The van der Waals surface area contributed by atoms with Crippen LogP contribution in [0.25, 0.3) is 0 Å². The van der Waals surface area contributed by atoms with E-state index in [9.17, 15) is 14.4 Å². The van der Waals surface area contributed by atoms with E-state index in [0.29, 0.717) is 5.69 Å². The molecule has 0 saturated carbocycles. The molecule has 3 unspecified atom stereocenters. The highest BCUT2D eigenvalue weighted by molar-refractivity contribution is 5.95. The molecular formula is C16H20N2O6. The van der Waals surface area contributed by atoms with E-state index in [1.54, 1.807) is 44.4 Å². The van der Waals surface area contributed by atoms with E-state index in [1.165, 1.54) is 24.2 Å². The molecule has 1 fully saturated rings. The Morgan fingerprint density at radius 2 is 1.62 bits per heavy atom. The Balaban J connectivity index is 2.51. The van der Waals surface area contributed by atoms with Crippen LogP contribution in [0, 0.1) is 5.92 Å². The Kier molecular flexibility index (Phi) is 5.40. The van der Waals surface area contributed by atoms with Gasteiger partial charge in [-0.25, -0.2) is 9.86 Å². The van der Waals surface area contributed by atoms with Gasteiger partial charge in [-0.05, 0) is 12.1 Å². The van der Waals surface area contributed by atoms with Gasteiger partial charge in [0.1, 0.15) is 5.92 Å². The van der Waals surface area contributed by atoms with E-state index in [1.807, 2.05) is 0 Å². The average Bonchev–Trinajstić information content (AvgIpc) is 3.00. The van der Waals surface area contributed by atoms with Crippen molar-refractivity contribution in [3.8, 4) is 0 Å². The number of benzene rings is 1. The second kappa shape index (κ2) is 7.31. The Bertz CT molecular complexity index is 618. The van der Waals surface area contributed by atoms with Crippen LogP contribution in [-0.4, -0.2) is 63.2 Å². The van der Waals surface area contributed by atoms with Gasteiger partial charge in [0.2, 0.25) is 5.91 Å². The lowest BCUT2D eigenvalue weighted by Gasteiger charge is -2.27. The number of hydrogen-bond acceptors (Lipinski definition) is 7. The number of ether oxygens (including phenoxy) is 2. The predicted octanol–water partition coefficient (Wildman–Crippen LogP) is 0.226. The smallest absolute Gasteiger partial charge is 0.338 e. The number of nitrogens with zero attached hydrogens (tertiary/aromatic N) is 2. The van der Waals surface area contributed by atoms with Crippen LogP contribution in [0.5, 0.6) is 0 Å². The van der Waals surface area contributed by atoms with E-state index in [0.717, 1.165) is 0 Å². The molecule has 1 aliphatic heterocycles. The molecule has 1 aliphatic rings. The number of para-hydroxylation sites is 1. The van der Waals surface area contributed by atoms with Gasteiger partial charge in [-0.2, -0.15) is 0 Å². The van der Waals surface area contributed by atoms with Crippen LogP contribution >= 0.6 is 0 Å². The maximum atomic E-state index is 12.7. The summed E-state index contributed by atoms with van der Waals surface area (Å²) in [5.74, 6) is -3.00. The fraction of sp³-hybridized carbons (Fsp3) is 0.438. The maximum absolute atomic E-state index is 12.7. The molecule has 3 atom stereocenters. The van der Waals surface area contributed by atoms with Crippen LogP contribution in [0.1, 0.15) is 0 Å². The molecule has 0 N–H and O–H groups in total. The van der Waals surface area contributed by atoms with E-state index in [4.69, 9.17) is 14.3 Å². The Morgan fingerprint density at radius 3 is 2.12 bits per heavy atom. The van der Waals surface area contributed by atoms with Gasteiger partial charge in [-0.1, -0.05) is 18.2 Å². The van der Waals surface area contributed by atoms with Gasteiger partial charge in [0.15, 0.2) is 12.1 Å². The van der Waals surface area contributed by atoms with E-state index in [-0.39, 0.29) is 5.91 Å². The normalized spacial score (nSPS) is 22.8. The van der Waals surface area contributed by atoms with Gasteiger partial charge in [-0.3, -0.25) is 14.4 Å². The minimum Gasteiger partial charge on any atom is -0.469 e. The van der Waals surface area contributed by atoms with Crippen LogP contribution in [-0.2, 0) is 28.7 Å². The summed E-state index contributed by atoms with van der Waals surface area (Å²) in [7, 11) is 5.50. The number of likely N-dealkylation sites (N-methyl/N-ethyl adjacent to an activating group) is 1. The molecule has 8 nitrogen and oxygen atoms in total. The number of esters is 2. The third-order valence-corrected chi connectivity index (χ3v) is 3.76. The number of methoxy groups -OCH3 is 2. The lowest BCUT2D eigenvalue weighted by atomic mass is 9.93. The van der Waals surface area contributed by atoms with Crippen molar-refractivity contribution in [1.82, 2.24) is 4.90 Å². The topological polar surface area (TPSA) is 85.4 Å². The molecule has 0 bridgehead atoms. The predicted molar refractivity (Wildman–Crippen MR) is 83.8 cm³/mol. The summed E-state index contributed by atoms with van der Waals surface area (Å²) in [6.45, 7) is 0. The summed E-state index contributed by atoms with van der Waals surface area (Å²) in [5, 5.41) is 1.27. The second-order valence-electron chi connectivity index (χ2n) is 5.44. The minimum atomic E-state index is -1.27. The first kappa shape index (κ1) is 17.7. The summed E-state index contributed by atoms with van der Waals surface area (Å²) < 4.78 is 9.49. The molecule has 1 aromatic rings. The maximum Gasteiger partial charge on any atom is 0.338 e. The van der Waals surface area contributed by atoms with Crippen LogP contribution in [0.2, 0.25) is 0 Å². The highest BCUT2D eigenvalue weighted by Gasteiger charge is 2.56. The largest absolute Gasteiger partial charge is 0.469 e. The van der Waals surface area contributed by atoms with Crippen molar-refractivity contribution < 1.29 is 28.7 Å². The van der Waals surface area contributed by atoms with Crippen molar-refractivity contribution >= 4 is 23.5 Å². The van der Waals surface area contributed by atoms with Crippen LogP contribution in [0.3, 0.4) is 0 Å². The van der Waals surface area contributed by atoms with Crippen molar-refractivity contribution in [2.45, 2.75) is 12.1 Å². The Hall–Kier alpha value is -2.61. The van der Waals surface area contributed by atoms with Crippen molar-refractivity contribution in [2.75, 3.05) is 33.4 Å². The first-order valence-electron chi connectivity index (χ1n) is 7.30. The molecule has 1 aromatic carbocycles. The number of hydroxylamine groups is 1. The van der Waals surface area contributed by atoms with Gasteiger partial charge in [0.05, 0.1) is 19.9 Å². The molecule has 0 spiro atoms. The van der Waals surface area contributed by atoms with Crippen molar-refractivity contribution in [1.29, 1.82) is 0 Å². The molecule has 2 rings (SSSR count). The SMILES string of the molecule is COC(=O)C1ON(c2ccccc2)C(C(=O)N(C)C)C1C(=O)OC. The van der Waals surface area contributed by atoms with Crippen molar-refractivity contribution in [3.05, 3.63) is 30.3 Å². The van der Waals surface area contributed by atoms with Gasteiger partial charge in [0, 0.05) is 14.1 Å². The third-order valence-electron chi connectivity index (χ3n) is 3.76. The van der Waals surface area contributed by atoms with Gasteiger partial charge < -0.3 is 14.4 Å². The number of carbonyl (C=O) groups is 3. The molecule has 1 heterocycles. The number of hydrogen-bond donors (Lipinski definition) is 0. The Morgan fingerprint density at radius 1 is 1.04 bits per heavy atom. The summed E-state index contributed by atoms with van der Waals surface area (Å²) in [6.07, 6.45) is -1.27. The number of anilines is 1. The van der Waals surface area contributed by atoms with E-state index in [2.05, 4.69) is 0 Å². The summed E-state index contributed by atoms with van der Waals surface area (Å²) in [5.41, 5.74) is 0.540. The molecule has 0 aliphatic carbocycles. The minimum absolute atomic E-state index is 0.388. The number of amides is 1. The van der Waals surface area contributed by atoms with Crippen LogP contribution in [0.4, 0.5) is 5.69 Å². The van der Waals surface area contributed by atoms with Crippen molar-refractivity contribution in [3.63, 3.8) is 0 Å². The zero-order valence-electron chi connectivity index (χ0n) is 14.0. The molecular weight excluding hydrogens is 316 g/mol. The third kappa shape index (κ3) is 3.18.